The van der Waals surface area contributed by atoms with Crippen molar-refractivity contribution in [1.82, 2.24) is 0 Å². The minimum atomic E-state index is 0.178. The lowest BCUT2D eigenvalue weighted by molar-refractivity contribution is 0.561. The van der Waals surface area contributed by atoms with E-state index in [0.29, 0.717) is 0 Å². The molecule has 112 valence electrons. The predicted octanol–water partition coefficient (Wildman–Crippen LogP) is 6.10. The summed E-state index contributed by atoms with van der Waals surface area (Å²) >= 11 is 0. The SMILES string of the molecule is C=C(CC)Cc1cc(C)c(C(C)(C)C)cc1C(C)(C)C. The molecule has 0 heterocycles. The Morgan fingerprint density at radius 3 is 1.85 bits per heavy atom. The van der Waals surface area contributed by atoms with Crippen molar-refractivity contribution in [2.75, 3.05) is 0 Å². The molecular formula is C20H32. The highest BCUT2D eigenvalue weighted by atomic mass is 14.3. The Bertz CT molecular complexity index is 490. The topological polar surface area (TPSA) is 0 Å². The van der Waals surface area contributed by atoms with Gasteiger partial charge < -0.3 is 0 Å². The van der Waals surface area contributed by atoms with Crippen LogP contribution in [0.15, 0.2) is 24.3 Å². The second kappa shape index (κ2) is 5.76. The van der Waals surface area contributed by atoms with Crippen LogP contribution in [0.5, 0.6) is 0 Å². The number of rotatable bonds is 3. The molecule has 0 amide bonds. The zero-order valence-corrected chi connectivity index (χ0v) is 14.8. The van der Waals surface area contributed by atoms with Gasteiger partial charge in [0, 0.05) is 0 Å². The average Bonchev–Trinajstić information content (AvgIpc) is 2.25. The zero-order chi connectivity index (χ0) is 15.7. The Labute approximate surface area is 126 Å². The van der Waals surface area contributed by atoms with Crippen LogP contribution in [0, 0.1) is 6.92 Å². The van der Waals surface area contributed by atoms with Gasteiger partial charge in [-0.1, -0.05) is 72.8 Å². The van der Waals surface area contributed by atoms with Crippen LogP contribution in [-0.2, 0) is 17.3 Å². The Hall–Kier alpha value is -1.04. The van der Waals surface area contributed by atoms with Gasteiger partial charge in [-0.25, -0.2) is 0 Å². The molecule has 0 unspecified atom stereocenters. The van der Waals surface area contributed by atoms with Gasteiger partial charge in [0.15, 0.2) is 0 Å². The predicted molar refractivity (Wildman–Crippen MR) is 91.7 cm³/mol. The molecule has 0 heteroatoms. The van der Waals surface area contributed by atoms with Crippen molar-refractivity contribution in [2.45, 2.75) is 79.1 Å². The number of hydrogen-bond donors (Lipinski definition) is 0. The molecule has 1 aromatic carbocycles. The first-order valence-electron chi connectivity index (χ1n) is 7.78. The van der Waals surface area contributed by atoms with Gasteiger partial charge in [-0.05, 0) is 52.8 Å². The summed E-state index contributed by atoms with van der Waals surface area (Å²) in [6.07, 6.45) is 2.07. The van der Waals surface area contributed by atoms with E-state index in [1.165, 1.54) is 27.8 Å². The van der Waals surface area contributed by atoms with E-state index < -0.39 is 0 Å². The molecule has 0 saturated carbocycles. The van der Waals surface area contributed by atoms with Gasteiger partial charge in [-0.3, -0.25) is 0 Å². The number of aryl methyl sites for hydroxylation is 1. The molecule has 0 bridgehead atoms. The average molecular weight is 272 g/mol. The molecule has 0 fully saturated rings. The molecule has 0 saturated heterocycles. The molecule has 0 atom stereocenters. The maximum atomic E-state index is 4.19. The first-order chi connectivity index (χ1) is 8.96. The van der Waals surface area contributed by atoms with Gasteiger partial charge in [0.25, 0.3) is 0 Å². The van der Waals surface area contributed by atoms with Gasteiger partial charge in [0.05, 0.1) is 0 Å². The quantitative estimate of drug-likeness (QED) is 0.583. The van der Waals surface area contributed by atoms with Crippen molar-refractivity contribution >= 4 is 0 Å². The van der Waals surface area contributed by atoms with Crippen LogP contribution >= 0.6 is 0 Å². The van der Waals surface area contributed by atoms with E-state index in [4.69, 9.17) is 0 Å². The summed E-state index contributed by atoms with van der Waals surface area (Å²) in [7, 11) is 0. The monoisotopic (exact) mass is 272 g/mol. The molecule has 0 N–H and O–H groups in total. The molecule has 1 aromatic rings. The van der Waals surface area contributed by atoms with Crippen molar-refractivity contribution in [3.05, 3.63) is 46.5 Å². The van der Waals surface area contributed by atoms with Gasteiger partial charge >= 0.3 is 0 Å². The van der Waals surface area contributed by atoms with E-state index in [9.17, 15) is 0 Å². The third-order valence-corrected chi connectivity index (χ3v) is 4.01. The summed E-state index contributed by atoms with van der Waals surface area (Å²) in [6, 6.07) is 4.83. The lowest BCUT2D eigenvalue weighted by atomic mass is 9.75. The molecule has 0 aromatic heterocycles. The summed E-state index contributed by atoms with van der Waals surface area (Å²) in [5.41, 5.74) is 7.50. The van der Waals surface area contributed by atoms with Gasteiger partial charge in [0.2, 0.25) is 0 Å². The molecule has 0 radical (unpaired) electrons. The highest BCUT2D eigenvalue weighted by molar-refractivity contribution is 5.45. The molecule has 0 aliphatic heterocycles. The largest absolute Gasteiger partial charge is 0.0995 e. The molecule has 0 nitrogen and oxygen atoms in total. The maximum Gasteiger partial charge on any atom is -0.00669 e. The van der Waals surface area contributed by atoms with Crippen LogP contribution in [0.25, 0.3) is 0 Å². The summed E-state index contributed by atoms with van der Waals surface area (Å²) in [4.78, 5) is 0. The van der Waals surface area contributed by atoms with E-state index in [2.05, 4.69) is 74.1 Å². The second-order valence-corrected chi connectivity index (χ2v) is 8.10. The van der Waals surface area contributed by atoms with E-state index in [-0.39, 0.29) is 10.8 Å². The van der Waals surface area contributed by atoms with Crippen LogP contribution in [0.4, 0.5) is 0 Å². The van der Waals surface area contributed by atoms with Crippen LogP contribution in [0.3, 0.4) is 0 Å². The van der Waals surface area contributed by atoms with Crippen LogP contribution in [0.2, 0.25) is 0 Å². The van der Waals surface area contributed by atoms with Crippen molar-refractivity contribution in [1.29, 1.82) is 0 Å². The van der Waals surface area contributed by atoms with Crippen molar-refractivity contribution < 1.29 is 0 Å². The minimum Gasteiger partial charge on any atom is -0.0995 e. The number of allylic oxidation sites excluding steroid dienone is 1. The van der Waals surface area contributed by atoms with Gasteiger partial charge in [-0.2, -0.15) is 0 Å². The smallest absolute Gasteiger partial charge is 0.00669 e. The summed E-state index contributed by atoms with van der Waals surface area (Å²) in [5, 5.41) is 0. The molecule has 0 aliphatic rings. The molecule has 1 rings (SSSR count). The fraction of sp³-hybridized carbons (Fsp3) is 0.600. The van der Waals surface area contributed by atoms with E-state index in [1.54, 1.807) is 0 Å². The molecule has 0 spiro atoms. The number of benzene rings is 1. The Kier molecular flexibility index (Phi) is 4.90. The van der Waals surface area contributed by atoms with E-state index in [0.717, 1.165) is 12.8 Å². The third kappa shape index (κ3) is 3.98. The van der Waals surface area contributed by atoms with Gasteiger partial charge in [-0.15, -0.1) is 0 Å². The fourth-order valence-corrected chi connectivity index (χ4v) is 2.81. The Morgan fingerprint density at radius 1 is 0.950 bits per heavy atom. The highest BCUT2D eigenvalue weighted by Crippen LogP contribution is 2.34. The zero-order valence-electron chi connectivity index (χ0n) is 14.8. The highest BCUT2D eigenvalue weighted by Gasteiger charge is 2.23. The van der Waals surface area contributed by atoms with Crippen molar-refractivity contribution in [2.24, 2.45) is 0 Å². The lowest BCUT2D eigenvalue weighted by Crippen LogP contribution is -2.20. The molecule has 20 heavy (non-hydrogen) atoms. The third-order valence-electron chi connectivity index (χ3n) is 4.01. The summed E-state index contributed by atoms with van der Waals surface area (Å²) in [5.74, 6) is 0. The standard InChI is InChI=1S/C20H32/c1-10-14(2)11-16-12-15(3)17(19(4,5)6)13-18(16)20(7,8)9/h12-13H,2,10-11H2,1,3-9H3. The van der Waals surface area contributed by atoms with Gasteiger partial charge in [0.1, 0.15) is 0 Å². The summed E-state index contributed by atoms with van der Waals surface area (Å²) < 4.78 is 0. The second-order valence-electron chi connectivity index (χ2n) is 8.10. The van der Waals surface area contributed by atoms with Crippen molar-refractivity contribution in [3.63, 3.8) is 0 Å². The molecular weight excluding hydrogens is 240 g/mol. The number of hydrogen-bond acceptors (Lipinski definition) is 0. The van der Waals surface area contributed by atoms with Crippen LogP contribution in [0.1, 0.15) is 77.1 Å². The first kappa shape index (κ1) is 17.0. The lowest BCUT2D eigenvalue weighted by Gasteiger charge is -2.29. The fourth-order valence-electron chi connectivity index (χ4n) is 2.81. The summed E-state index contributed by atoms with van der Waals surface area (Å²) in [6.45, 7) is 22.4. The Balaban J connectivity index is 3.45. The van der Waals surface area contributed by atoms with Crippen LogP contribution < -0.4 is 0 Å². The van der Waals surface area contributed by atoms with E-state index >= 15 is 0 Å². The van der Waals surface area contributed by atoms with Crippen LogP contribution in [-0.4, -0.2) is 0 Å². The maximum absolute atomic E-state index is 4.19. The Morgan fingerprint density at radius 2 is 1.45 bits per heavy atom. The minimum absolute atomic E-state index is 0.178. The molecule has 0 aliphatic carbocycles. The van der Waals surface area contributed by atoms with E-state index in [1.807, 2.05) is 0 Å². The first-order valence-corrected chi connectivity index (χ1v) is 7.78. The van der Waals surface area contributed by atoms with Crippen molar-refractivity contribution in [3.8, 4) is 0 Å². The normalized spacial score (nSPS) is 12.6.